The van der Waals surface area contributed by atoms with Crippen molar-refractivity contribution in [2.45, 2.75) is 50.6 Å². The number of sulfone groups is 1. The van der Waals surface area contributed by atoms with Gasteiger partial charge in [0.05, 0.1) is 10.6 Å². The van der Waals surface area contributed by atoms with Crippen LogP contribution >= 0.6 is 11.6 Å². The number of nitrogens with one attached hydrogen (secondary N) is 1. The molecule has 0 bridgehead atoms. The van der Waals surface area contributed by atoms with E-state index >= 15 is 0 Å². The number of hydrogen-bond acceptors (Lipinski definition) is 4. The van der Waals surface area contributed by atoms with Crippen LogP contribution in [0.1, 0.15) is 37.8 Å². The van der Waals surface area contributed by atoms with Crippen LogP contribution in [0.2, 0.25) is 5.02 Å². The third-order valence-electron chi connectivity index (χ3n) is 5.23. The lowest BCUT2D eigenvalue weighted by molar-refractivity contribution is -0.121. The average Bonchev–Trinajstić information content (AvgIpc) is 3.06. The monoisotopic (exact) mass is 448 g/mol. The Hall–Kier alpha value is -2.38. The summed E-state index contributed by atoms with van der Waals surface area (Å²) in [5.41, 5.74) is 2.38. The maximum Gasteiger partial charge on any atom is 0.226 e. The molecule has 2 aromatic carbocycles. The molecule has 1 N–H and O–H groups in total. The summed E-state index contributed by atoms with van der Waals surface area (Å²) >= 11 is 6.06. The molecule has 0 fully saturated rings. The molecule has 8 heteroatoms. The van der Waals surface area contributed by atoms with Crippen molar-refractivity contribution >= 4 is 38.9 Å². The van der Waals surface area contributed by atoms with E-state index in [1.807, 2.05) is 19.9 Å². The minimum atomic E-state index is -3.62. The second-order valence-electron chi connectivity index (χ2n) is 7.40. The van der Waals surface area contributed by atoms with Gasteiger partial charge < -0.3 is 10.2 Å². The summed E-state index contributed by atoms with van der Waals surface area (Å²) in [7, 11) is -3.62. The molecule has 1 aliphatic rings. The van der Waals surface area contributed by atoms with E-state index in [0.717, 1.165) is 16.8 Å². The van der Waals surface area contributed by atoms with Crippen LogP contribution in [0.5, 0.6) is 0 Å². The topological polar surface area (TPSA) is 83.6 Å². The number of fused-ring (bicyclic) bond motifs is 1. The summed E-state index contributed by atoms with van der Waals surface area (Å²) in [6.45, 7) is 4.00. The number of hydrogen-bond donors (Lipinski definition) is 1. The van der Waals surface area contributed by atoms with Crippen molar-refractivity contribution in [3.8, 4) is 0 Å². The van der Waals surface area contributed by atoms with Crippen molar-refractivity contribution in [3.63, 3.8) is 0 Å². The average molecular weight is 449 g/mol. The number of halogens is 1. The fourth-order valence-corrected chi connectivity index (χ4v) is 5.11. The van der Waals surface area contributed by atoms with Gasteiger partial charge in [-0.3, -0.25) is 9.59 Å². The lowest BCUT2D eigenvalue weighted by Gasteiger charge is -2.22. The van der Waals surface area contributed by atoms with E-state index in [0.29, 0.717) is 17.9 Å². The summed E-state index contributed by atoms with van der Waals surface area (Å²) in [5, 5.41) is 3.25. The molecule has 160 valence electrons. The Balaban J connectivity index is 1.64. The van der Waals surface area contributed by atoms with E-state index in [4.69, 9.17) is 11.6 Å². The highest BCUT2D eigenvalue weighted by molar-refractivity contribution is 7.91. The first-order valence-corrected chi connectivity index (χ1v) is 11.9. The Morgan fingerprint density at radius 1 is 1.20 bits per heavy atom. The lowest BCUT2D eigenvalue weighted by atomic mass is 10.1. The summed E-state index contributed by atoms with van der Waals surface area (Å²) < 4.78 is 25.5. The van der Waals surface area contributed by atoms with E-state index in [9.17, 15) is 18.0 Å². The van der Waals surface area contributed by atoms with E-state index in [-0.39, 0.29) is 41.5 Å². The Morgan fingerprint density at radius 2 is 1.93 bits per heavy atom. The Morgan fingerprint density at radius 3 is 2.63 bits per heavy atom. The molecule has 0 saturated heterocycles. The van der Waals surface area contributed by atoms with Crippen molar-refractivity contribution in [1.29, 1.82) is 0 Å². The molecule has 0 aliphatic carbocycles. The molecule has 0 saturated carbocycles. The highest BCUT2D eigenvalue weighted by Gasteiger charge is 2.31. The summed E-state index contributed by atoms with van der Waals surface area (Å²) in [5.74, 6) is -0.618. The van der Waals surface area contributed by atoms with Gasteiger partial charge in [-0.15, -0.1) is 0 Å². The third-order valence-corrected chi connectivity index (χ3v) is 7.31. The predicted octanol–water partition coefficient (Wildman–Crippen LogP) is 3.51. The largest absolute Gasteiger partial charge is 0.352 e. The van der Waals surface area contributed by atoms with Crippen LogP contribution in [0, 0.1) is 0 Å². The standard InChI is InChI=1S/C22H25ClN2O4S/c1-3-22(27)25-15(2)12-17-13-18(8-9-20(17)25)30(28,29)11-10-21(26)24-14-16-6-4-5-7-19(16)23/h4-9,13,15H,3,10-12,14H2,1-2H3,(H,24,26). The molecule has 3 rings (SSSR count). The Kier molecular flexibility index (Phi) is 6.83. The number of amides is 2. The van der Waals surface area contributed by atoms with Gasteiger partial charge in [0.15, 0.2) is 9.84 Å². The van der Waals surface area contributed by atoms with Crippen LogP contribution in [-0.4, -0.2) is 32.0 Å². The molecule has 1 unspecified atom stereocenters. The molecule has 2 amide bonds. The first-order valence-electron chi connectivity index (χ1n) is 9.90. The van der Waals surface area contributed by atoms with Gasteiger partial charge in [-0.2, -0.15) is 0 Å². The minimum Gasteiger partial charge on any atom is -0.352 e. The zero-order chi connectivity index (χ0) is 21.9. The van der Waals surface area contributed by atoms with Crippen LogP contribution in [0.3, 0.4) is 0 Å². The van der Waals surface area contributed by atoms with E-state index in [1.165, 1.54) is 6.07 Å². The molecule has 6 nitrogen and oxygen atoms in total. The number of anilines is 1. The molecule has 0 aromatic heterocycles. The molecular formula is C22H25ClN2O4S. The van der Waals surface area contributed by atoms with Crippen LogP contribution < -0.4 is 10.2 Å². The van der Waals surface area contributed by atoms with E-state index in [2.05, 4.69) is 5.32 Å². The Bertz CT molecular complexity index is 1070. The van der Waals surface area contributed by atoms with Crippen molar-refractivity contribution in [3.05, 3.63) is 58.6 Å². The highest BCUT2D eigenvalue weighted by Crippen LogP contribution is 2.34. The number of carbonyl (C=O) groups excluding carboxylic acids is 2. The van der Waals surface area contributed by atoms with Crippen molar-refractivity contribution in [2.75, 3.05) is 10.7 Å². The number of nitrogens with zero attached hydrogens (tertiary/aromatic N) is 1. The zero-order valence-corrected chi connectivity index (χ0v) is 18.6. The molecule has 0 spiro atoms. The fraction of sp³-hybridized carbons (Fsp3) is 0.364. The number of benzene rings is 2. The SMILES string of the molecule is CCC(=O)N1c2ccc(S(=O)(=O)CCC(=O)NCc3ccccc3Cl)cc2CC1C. The van der Waals surface area contributed by atoms with Crippen LogP contribution in [0.15, 0.2) is 47.4 Å². The van der Waals surface area contributed by atoms with Gasteiger partial charge in [-0.1, -0.05) is 36.7 Å². The quantitative estimate of drug-likeness (QED) is 0.702. The molecular weight excluding hydrogens is 424 g/mol. The first kappa shape index (κ1) is 22.3. The first-order chi connectivity index (χ1) is 14.2. The molecule has 1 heterocycles. The molecule has 1 atom stereocenters. The van der Waals surface area contributed by atoms with E-state index < -0.39 is 9.84 Å². The molecule has 0 radical (unpaired) electrons. The number of carbonyl (C=O) groups is 2. The second kappa shape index (κ2) is 9.18. The normalized spacial score (nSPS) is 15.7. The van der Waals surface area contributed by atoms with Gasteiger partial charge >= 0.3 is 0 Å². The summed E-state index contributed by atoms with van der Waals surface area (Å²) in [4.78, 5) is 26.2. The van der Waals surface area contributed by atoms with Gasteiger partial charge in [-0.25, -0.2) is 8.42 Å². The van der Waals surface area contributed by atoms with Gasteiger partial charge in [0.1, 0.15) is 0 Å². The predicted molar refractivity (Wildman–Crippen MR) is 117 cm³/mol. The summed E-state index contributed by atoms with van der Waals surface area (Å²) in [6, 6.07) is 12.0. The third kappa shape index (κ3) is 4.84. The smallest absolute Gasteiger partial charge is 0.226 e. The molecule has 1 aliphatic heterocycles. The highest BCUT2D eigenvalue weighted by atomic mass is 35.5. The van der Waals surface area contributed by atoms with Crippen molar-refractivity contribution < 1.29 is 18.0 Å². The van der Waals surface area contributed by atoms with Crippen LogP contribution in [0.25, 0.3) is 0 Å². The number of rotatable bonds is 7. The van der Waals surface area contributed by atoms with Crippen molar-refractivity contribution in [2.24, 2.45) is 0 Å². The lowest BCUT2D eigenvalue weighted by Crippen LogP contribution is -2.35. The fourth-order valence-electron chi connectivity index (χ4n) is 3.62. The molecule has 2 aromatic rings. The molecule has 30 heavy (non-hydrogen) atoms. The zero-order valence-electron chi connectivity index (χ0n) is 17.0. The van der Waals surface area contributed by atoms with Gasteiger partial charge in [0.25, 0.3) is 0 Å². The minimum absolute atomic E-state index is 0.000919. The van der Waals surface area contributed by atoms with Gasteiger partial charge in [0.2, 0.25) is 11.8 Å². The van der Waals surface area contributed by atoms with Gasteiger partial charge in [0, 0.05) is 36.1 Å². The summed E-state index contributed by atoms with van der Waals surface area (Å²) in [6.07, 6.45) is 0.872. The second-order valence-corrected chi connectivity index (χ2v) is 9.91. The maximum atomic E-state index is 12.7. The van der Waals surface area contributed by atoms with Crippen molar-refractivity contribution in [1.82, 2.24) is 5.32 Å². The Labute approximate surface area is 182 Å². The van der Waals surface area contributed by atoms with Gasteiger partial charge in [-0.05, 0) is 48.7 Å². The maximum absolute atomic E-state index is 12.7. The van der Waals surface area contributed by atoms with E-state index in [1.54, 1.807) is 35.2 Å². The van der Waals surface area contributed by atoms with Crippen LogP contribution in [0.4, 0.5) is 5.69 Å². The van der Waals surface area contributed by atoms with Crippen LogP contribution in [-0.2, 0) is 32.4 Å².